The summed E-state index contributed by atoms with van der Waals surface area (Å²) in [7, 11) is 0. The third-order valence-corrected chi connectivity index (χ3v) is 8.30. The Labute approximate surface area is 260 Å². The molecular weight excluding hydrogens is 576 g/mol. The summed E-state index contributed by atoms with van der Waals surface area (Å²) in [5, 5.41) is 0. The molecule has 2 nitrogen and oxygen atoms in total. The summed E-state index contributed by atoms with van der Waals surface area (Å²) in [6.45, 7) is 6.63. The molecule has 5 aromatic carbocycles. The zero-order chi connectivity index (χ0) is 29.3. The molecule has 0 unspecified atom stereocenters. The fraction of sp³-hybridized carbons (Fsp3) is 0.231. The summed E-state index contributed by atoms with van der Waals surface area (Å²) in [5.41, 5.74) is 10.9. The van der Waals surface area contributed by atoms with Crippen molar-refractivity contribution in [3.63, 3.8) is 0 Å². The Kier molecular flexibility index (Phi) is 10.2. The molecule has 0 atom stereocenters. The minimum absolute atomic E-state index is 1.07. The van der Waals surface area contributed by atoms with Crippen LogP contribution in [0.4, 0.5) is 34.1 Å². The van der Waals surface area contributed by atoms with Crippen LogP contribution in [0.3, 0.4) is 0 Å². The van der Waals surface area contributed by atoms with E-state index in [1.165, 1.54) is 48.1 Å². The Morgan fingerprint density at radius 2 is 0.714 bits per heavy atom. The second-order valence-corrected chi connectivity index (χ2v) is 12.0. The number of anilines is 6. The molecule has 0 amide bonds. The molecule has 0 heterocycles. The van der Waals surface area contributed by atoms with Gasteiger partial charge in [-0.3, -0.25) is 0 Å². The van der Waals surface area contributed by atoms with Gasteiger partial charge in [0.05, 0.1) is 0 Å². The van der Waals surface area contributed by atoms with Crippen LogP contribution in [0.25, 0.3) is 0 Å². The van der Waals surface area contributed by atoms with Gasteiger partial charge in [-0.15, -0.1) is 0 Å². The minimum Gasteiger partial charge on any atom is -0.311 e. The van der Waals surface area contributed by atoms with Gasteiger partial charge in [0.25, 0.3) is 0 Å². The Bertz CT molecular complexity index is 1400. The molecule has 5 rings (SSSR count). The zero-order valence-electron chi connectivity index (χ0n) is 25.1. The Morgan fingerprint density at radius 3 is 1.05 bits per heavy atom. The smallest absolute Gasteiger partial charge is 0.0463 e. The van der Waals surface area contributed by atoms with Crippen LogP contribution in [0, 0.1) is 6.92 Å². The lowest BCUT2D eigenvalue weighted by atomic mass is 10.1. The van der Waals surface area contributed by atoms with Gasteiger partial charge in [0.1, 0.15) is 0 Å². The van der Waals surface area contributed by atoms with E-state index in [2.05, 4.69) is 168 Å². The molecule has 0 fully saturated rings. The predicted molar refractivity (Wildman–Crippen MR) is 185 cm³/mol. The quantitative estimate of drug-likeness (QED) is 0.137. The number of hydrogen-bond donors (Lipinski definition) is 0. The van der Waals surface area contributed by atoms with Crippen molar-refractivity contribution in [2.75, 3.05) is 9.80 Å². The van der Waals surface area contributed by atoms with Gasteiger partial charge in [0.2, 0.25) is 0 Å². The maximum atomic E-state index is 3.61. The predicted octanol–water partition coefficient (Wildman–Crippen LogP) is 12.4. The number of unbranched alkanes of at least 4 members (excludes halogenated alkanes) is 2. The molecule has 42 heavy (non-hydrogen) atoms. The molecule has 214 valence electrons. The Hall–Kier alpha value is -3.82. The van der Waals surface area contributed by atoms with E-state index >= 15 is 0 Å². The molecule has 0 saturated heterocycles. The van der Waals surface area contributed by atoms with Crippen LogP contribution < -0.4 is 9.80 Å². The monoisotopic (exact) mass is 616 g/mol. The standard InChI is InChI=1S/C39H41BrN2/c1-4-6-8-31-12-20-35(21-13-31)41(34-18-10-30(3)11-19-34)38-26-28-39(29-27-38)42(37-24-16-33(40)17-25-37)36-22-14-32(15-23-36)9-7-5-2/h10-29H,4-9H2,1-3H3. The summed E-state index contributed by atoms with van der Waals surface area (Å²) < 4.78 is 1.07. The van der Waals surface area contributed by atoms with Crippen molar-refractivity contribution in [3.8, 4) is 0 Å². The van der Waals surface area contributed by atoms with Crippen LogP contribution in [0.2, 0.25) is 0 Å². The SMILES string of the molecule is CCCCc1ccc(N(c2ccc(C)cc2)c2ccc(N(c3ccc(Br)cc3)c3ccc(CCCC)cc3)cc2)cc1. The van der Waals surface area contributed by atoms with Crippen molar-refractivity contribution < 1.29 is 0 Å². The third kappa shape index (κ3) is 7.33. The highest BCUT2D eigenvalue weighted by Crippen LogP contribution is 2.39. The van der Waals surface area contributed by atoms with E-state index in [1.54, 1.807) is 0 Å². The van der Waals surface area contributed by atoms with E-state index in [4.69, 9.17) is 0 Å². The van der Waals surface area contributed by atoms with Gasteiger partial charge in [0.15, 0.2) is 0 Å². The number of halogens is 1. The number of aryl methyl sites for hydroxylation is 3. The summed E-state index contributed by atoms with van der Waals surface area (Å²) in [4.78, 5) is 4.68. The van der Waals surface area contributed by atoms with E-state index in [1.807, 2.05) is 0 Å². The number of hydrogen-bond acceptors (Lipinski definition) is 2. The molecule has 0 radical (unpaired) electrons. The molecule has 3 heteroatoms. The van der Waals surface area contributed by atoms with Crippen LogP contribution in [0.1, 0.15) is 56.2 Å². The second kappa shape index (κ2) is 14.4. The zero-order valence-corrected chi connectivity index (χ0v) is 26.6. The molecule has 0 saturated carbocycles. The highest BCUT2D eigenvalue weighted by molar-refractivity contribution is 9.10. The maximum Gasteiger partial charge on any atom is 0.0463 e. The van der Waals surface area contributed by atoms with Crippen LogP contribution in [0.5, 0.6) is 0 Å². The lowest BCUT2D eigenvalue weighted by Gasteiger charge is -2.28. The van der Waals surface area contributed by atoms with Crippen molar-refractivity contribution in [2.45, 2.75) is 59.3 Å². The minimum atomic E-state index is 1.07. The molecule has 0 bridgehead atoms. The molecule has 0 spiro atoms. The molecule has 0 aliphatic heterocycles. The molecule has 0 aliphatic carbocycles. The van der Waals surface area contributed by atoms with Gasteiger partial charge in [-0.2, -0.15) is 0 Å². The van der Waals surface area contributed by atoms with Crippen molar-refractivity contribution in [3.05, 3.63) is 142 Å². The van der Waals surface area contributed by atoms with Crippen molar-refractivity contribution in [2.24, 2.45) is 0 Å². The average Bonchev–Trinajstić information content (AvgIpc) is 3.03. The molecular formula is C39H41BrN2. The lowest BCUT2D eigenvalue weighted by Crippen LogP contribution is -2.12. The highest BCUT2D eigenvalue weighted by atomic mass is 79.9. The Balaban J connectivity index is 1.51. The first-order chi connectivity index (χ1) is 20.6. The largest absolute Gasteiger partial charge is 0.311 e. The summed E-state index contributed by atoms with van der Waals surface area (Å²) in [6.07, 6.45) is 7.11. The van der Waals surface area contributed by atoms with Crippen LogP contribution in [-0.2, 0) is 12.8 Å². The number of benzene rings is 5. The van der Waals surface area contributed by atoms with E-state index < -0.39 is 0 Å². The number of rotatable bonds is 12. The average molecular weight is 618 g/mol. The third-order valence-electron chi connectivity index (χ3n) is 7.77. The van der Waals surface area contributed by atoms with Crippen molar-refractivity contribution in [1.29, 1.82) is 0 Å². The van der Waals surface area contributed by atoms with Gasteiger partial charge < -0.3 is 9.80 Å². The number of nitrogens with zero attached hydrogens (tertiary/aromatic N) is 2. The van der Waals surface area contributed by atoms with E-state index in [9.17, 15) is 0 Å². The van der Waals surface area contributed by atoms with E-state index in [0.29, 0.717) is 0 Å². The van der Waals surface area contributed by atoms with Gasteiger partial charge in [0, 0.05) is 38.6 Å². The molecule has 0 aliphatic rings. The van der Waals surface area contributed by atoms with Crippen LogP contribution in [0.15, 0.2) is 126 Å². The molecule has 0 N–H and O–H groups in total. The van der Waals surface area contributed by atoms with Gasteiger partial charge in [-0.25, -0.2) is 0 Å². The molecule has 0 aromatic heterocycles. The lowest BCUT2D eigenvalue weighted by molar-refractivity contribution is 0.795. The summed E-state index contributed by atoms with van der Waals surface area (Å²) in [6, 6.07) is 44.4. The van der Waals surface area contributed by atoms with E-state index in [0.717, 1.165) is 45.8 Å². The summed E-state index contributed by atoms with van der Waals surface area (Å²) in [5.74, 6) is 0. The van der Waals surface area contributed by atoms with E-state index in [-0.39, 0.29) is 0 Å². The highest BCUT2D eigenvalue weighted by Gasteiger charge is 2.16. The maximum absolute atomic E-state index is 3.61. The first kappa shape index (κ1) is 29.7. The first-order valence-corrected chi connectivity index (χ1v) is 16.1. The first-order valence-electron chi connectivity index (χ1n) is 15.3. The Morgan fingerprint density at radius 1 is 0.429 bits per heavy atom. The summed E-state index contributed by atoms with van der Waals surface area (Å²) >= 11 is 3.61. The molecule has 5 aromatic rings. The fourth-order valence-electron chi connectivity index (χ4n) is 5.31. The van der Waals surface area contributed by atoms with Gasteiger partial charge in [-0.05, 0) is 129 Å². The van der Waals surface area contributed by atoms with Crippen LogP contribution >= 0.6 is 15.9 Å². The van der Waals surface area contributed by atoms with Gasteiger partial charge >= 0.3 is 0 Å². The fourth-order valence-corrected chi connectivity index (χ4v) is 5.58. The second-order valence-electron chi connectivity index (χ2n) is 11.0. The van der Waals surface area contributed by atoms with Crippen molar-refractivity contribution >= 4 is 50.1 Å². The normalized spacial score (nSPS) is 11.0. The van der Waals surface area contributed by atoms with Crippen molar-refractivity contribution in [1.82, 2.24) is 0 Å². The van der Waals surface area contributed by atoms with Gasteiger partial charge in [-0.1, -0.05) is 84.6 Å². The van der Waals surface area contributed by atoms with Crippen LogP contribution in [-0.4, -0.2) is 0 Å². The topological polar surface area (TPSA) is 6.48 Å².